The summed E-state index contributed by atoms with van der Waals surface area (Å²) in [7, 11) is 0. The number of amides is 1. The van der Waals surface area contributed by atoms with Gasteiger partial charge in [-0.1, -0.05) is 68.0 Å². The van der Waals surface area contributed by atoms with Gasteiger partial charge in [-0.15, -0.1) is 0 Å². The summed E-state index contributed by atoms with van der Waals surface area (Å²) >= 11 is 0. The zero-order valence-corrected chi connectivity index (χ0v) is 17.9. The first-order valence-corrected chi connectivity index (χ1v) is 10.3. The average molecular weight is 397 g/mol. The van der Waals surface area contributed by atoms with Crippen LogP contribution in [-0.4, -0.2) is 10.9 Å². The van der Waals surface area contributed by atoms with Crippen molar-refractivity contribution in [2.24, 2.45) is 0 Å². The molecule has 0 bridgehead atoms. The lowest BCUT2D eigenvalue weighted by Gasteiger charge is -2.14. The van der Waals surface area contributed by atoms with Crippen LogP contribution in [0.4, 0.5) is 5.69 Å². The van der Waals surface area contributed by atoms with Crippen LogP contribution in [-0.2, 0) is 4.79 Å². The van der Waals surface area contributed by atoms with Gasteiger partial charge < -0.3 is 5.32 Å². The Labute approximate surface area is 179 Å². The predicted octanol–water partition coefficient (Wildman–Crippen LogP) is 6.72. The molecule has 2 aromatic carbocycles. The predicted molar refractivity (Wildman–Crippen MR) is 126 cm³/mol. The third kappa shape index (κ3) is 5.12. The Balaban J connectivity index is 2.06. The fourth-order valence-corrected chi connectivity index (χ4v) is 3.42. The second-order valence-electron chi connectivity index (χ2n) is 7.41. The van der Waals surface area contributed by atoms with Crippen molar-refractivity contribution in [1.29, 1.82) is 0 Å². The maximum atomic E-state index is 11.7. The Morgan fingerprint density at radius 3 is 2.60 bits per heavy atom. The highest BCUT2D eigenvalue weighted by Gasteiger charge is 2.12. The van der Waals surface area contributed by atoms with Gasteiger partial charge in [0.1, 0.15) is 0 Å². The third-order valence-electron chi connectivity index (χ3n) is 4.99. The number of pyridine rings is 1. The van der Waals surface area contributed by atoms with E-state index in [1.54, 1.807) is 0 Å². The Hall–Kier alpha value is -3.46. The smallest absolute Gasteiger partial charge is 0.247 e. The number of carbonyl (C=O) groups is 1. The van der Waals surface area contributed by atoms with Crippen molar-refractivity contribution in [1.82, 2.24) is 4.98 Å². The van der Waals surface area contributed by atoms with E-state index in [9.17, 15) is 4.79 Å². The van der Waals surface area contributed by atoms with Crippen molar-refractivity contribution in [3.05, 3.63) is 102 Å². The third-order valence-corrected chi connectivity index (χ3v) is 4.99. The van der Waals surface area contributed by atoms with Gasteiger partial charge >= 0.3 is 0 Å². The van der Waals surface area contributed by atoms with E-state index >= 15 is 0 Å². The molecule has 0 saturated carbocycles. The minimum atomic E-state index is -0.223. The number of benzene rings is 2. The van der Waals surface area contributed by atoms with Crippen LogP contribution < -0.4 is 5.32 Å². The molecule has 0 unspecified atom stereocenters. The first kappa shape index (κ1) is 21.3. The topological polar surface area (TPSA) is 42.0 Å². The van der Waals surface area contributed by atoms with Gasteiger partial charge in [-0.25, -0.2) is 0 Å². The first-order valence-electron chi connectivity index (χ1n) is 10.3. The van der Waals surface area contributed by atoms with Crippen LogP contribution in [0, 0.1) is 13.8 Å². The summed E-state index contributed by atoms with van der Waals surface area (Å²) in [5.74, 6) is -0.223. The van der Waals surface area contributed by atoms with Gasteiger partial charge in [-0.3, -0.25) is 9.78 Å². The van der Waals surface area contributed by atoms with Crippen molar-refractivity contribution in [3.8, 4) is 11.1 Å². The van der Waals surface area contributed by atoms with E-state index in [4.69, 9.17) is 4.98 Å². The summed E-state index contributed by atoms with van der Waals surface area (Å²) in [4.78, 5) is 16.3. The van der Waals surface area contributed by atoms with Crippen LogP contribution >= 0.6 is 0 Å². The number of aromatic nitrogens is 1. The number of hydrogen-bond donors (Lipinski definition) is 1. The fourth-order valence-electron chi connectivity index (χ4n) is 3.42. The van der Waals surface area contributed by atoms with E-state index in [1.165, 1.54) is 22.8 Å². The molecule has 0 aliphatic heterocycles. The number of unbranched alkanes of at least 4 members (excludes halogenated alkanes) is 1. The quantitative estimate of drug-likeness (QED) is 0.450. The lowest BCUT2D eigenvalue weighted by atomic mass is 9.92. The summed E-state index contributed by atoms with van der Waals surface area (Å²) in [6, 6.07) is 18.6. The molecule has 3 aromatic rings. The van der Waals surface area contributed by atoms with Gasteiger partial charge in [-0.05, 0) is 61.2 Å². The average Bonchev–Trinajstić information content (AvgIpc) is 2.75. The molecular formula is C27H28N2O. The molecule has 1 amide bonds. The molecule has 1 aromatic heterocycles. The minimum Gasteiger partial charge on any atom is -0.323 e. The van der Waals surface area contributed by atoms with Crippen molar-refractivity contribution in [3.63, 3.8) is 0 Å². The summed E-state index contributed by atoms with van der Waals surface area (Å²) in [5.41, 5.74) is 8.54. The number of nitrogens with one attached hydrogen (secondary N) is 1. The van der Waals surface area contributed by atoms with Crippen LogP contribution in [0.15, 0.2) is 79.5 Å². The maximum absolute atomic E-state index is 11.7. The van der Waals surface area contributed by atoms with Crippen LogP contribution in [0.3, 0.4) is 0 Å². The molecular weight excluding hydrogens is 368 g/mol. The Bertz CT molecular complexity index is 1100. The highest BCUT2D eigenvalue weighted by atomic mass is 16.1. The Morgan fingerprint density at radius 2 is 1.87 bits per heavy atom. The lowest BCUT2D eigenvalue weighted by Crippen LogP contribution is -2.07. The highest BCUT2D eigenvalue weighted by molar-refractivity contribution is 5.99. The van der Waals surface area contributed by atoms with Crippen LogP contribution in [0.5, 0.6) is 0 Å². The number of rotatable bonds is 7. The molecule has 0 saturated heterocycles. The van der Waals surface area contributed by atoms with Gasteiger partial charge in [0.25, 0.3) is 0 Å². The molecule has 1 N–H and O–H groups in total. The van der Waals surface area contributed by atoms with Crippen LogP contribution in [0.25, 0.3) is 16.7 Å². The normalized spacial score (nSPS) is 11.2. The van der Waals surface area contributed by atoms with Crippen molar-refractivity contribution < 1.29 is 4.79 Å². The summed E-state index contributed by atoms with van der Waals surface area (Å²) in [5, 5.41) is 2.82. The molecule has 0 atom stereocenters. The lowest BCUT2D eigenvalue weighted by molar-refractivity contribution is -0.111. The molecule has 0 spiro atoms. The van der Waals surface area contributed by atoms with E-state index < -0.39 is 0 Å². The summed E-state index contributed by atoms with van der Waals surface area (Å²) in [6.45, 7) is 9.87. The molecule has 30 heavy (non-hydrogen) atoms. The van der Waals surface area contributed by atoms with E-state index in [0.717, 1.165) is 40.9 Å². The molecule has 0 aliphatic rings. The van der Waals surface area contributed by atoms with E-state index in [1.807, 2.05) is 30.5 Å². The number of nitrogens with zero attached hydrogens (tertiary/aromatic N) is 1. The monoisotopic (exact) mass is 396 g/mol. The SMILES string of the molecule is C=CC(=O)Nc1cccc(-c2cnc(C)c(/C(=C\CCC)c3cccc(C)c3)c2)c1. The van der Waals surface area contributed by atoms with E-state index in [2.05, 4.69) is 69.1 Å². The second-order valence-corrected chi connectivity index (χ2v) is 7.41. The maximum Gasteiger partial charge on any atom is 0.247 e. The van der Waals surface area contributed by atoms with Crippen LogP contribution in [0.1, 0.15) is 42.1 Å². The minimum absolute atomic E-state index is 0.223. The van der Waals surface area contributed by atoms with Gasteiger partial charge in [-0.2, -0.15) is 0 Å². The van der Waals surface area contributed by atoms with Crippen molar-refractivity contribution >= 4 is 17.2 Å². The number of hydrogen-bond acceptors (Lipinski definition) is 2. The van der Waals surface area contributed by atoms with Gasteiger partial charge in [0, 0.05) is 28.7 Å². The first-order chi connectivity index (χ1) is 14.5. The van der Waals surface area contributed by atoms with E-state index in [0.29, 0.717) is 0 Å². The number of aryl methyl sites for hydroxylation is 2. The summed E-state index contributed by atoms with van der Waals surface area (Å²) in [6.07, 6.45) is 7.57. The molecule has 0 aliphatic carbocycles. The van der Waals surface area contributed by atoms with Crippen molar-refractivity contribution in [2.75, 3.05) is 5.32 Å². The number of carbonyl (C=O) groups excluding carboxylic acids is 1. The molecule has 3 nitrogen and oxygen atoms in total. The number of allylic oxidation sites excluding steroid dienone is 1. The number of anilines is 1. The fraction of sp³-hybridized carbons (Fsp3) is 0.185. The Morgan fingerprint density at radius 1 is 1.07 bits per heavy atom. The van der Waals surface area contributed by atoms with Crippen molar-refractivity contribution in [2.45, 2.75) is 33.6 Å². The molecule has 3 rings (SSSR count). The standard InChI is InChI=1S/C27H28N2O/c1-5-7-14-25(22-12-8-10-19(3)15-22)26-17-23(18-28-20(26)4)21-11-9-13-24(16-21)29-27(30)6-2/h6,8-18H,2,5,7H2,1,3-4H3,(H,29,30)/b25-14-. The molecule has 3 heteroatoms. The van der Waals surface area contributed by atoms with Gasteiger partial charge in [0.2, 0.25) is 5.91 Å². The largest absolute Gasteiger partial charge is 0.323 e. The highest BCUT2D eigenvalue weighted by Crippen LogP contribution is 2.31. The van der Waals surface area contributed by atoms with E-state index in [-0.39, 0.29) is 5.91 Å². The second kappa shape index (κ2) is 9.84. The van der Waals surface area contributed by atoms with Crippen LogP contribution in [0.2, 0.25) is 0 Å². The molecule has 152 valence electrons. The van der Waals surface area contributed by atoms with Gasteiger partial charge in [0.05, 0.1) is 0 Å². The zero-order valence-electron chi connectivity index (χ0n) is 17.9. The van der Waals surface area contributed by atoms with Gasteiger partial charge in [0.15, 0.2) is 0 Å². The Kier molecular flexibility index (Phi) is 6.97. The summed E-state index contributed by atoms with van der Waals surface area (Å²) < 4.78 is 0. The zero-order chi connectivity index (χ0) is 21.5. The molecule has 0 radical (unpaired) electrons. The molecule has 0 fully saturated rings. The molecule has 1 heterocycles.